The molecule has 474 valence electrons. The van der Waals surface area contributed by atoms with E-state index in [1.807, 2.05) is 0 Å². The molecule has 0 aromatic heterocycles. The van der Waals surface area contributed by atoms with E-state index in [4.69, 9.17) is 14.2 Å². The Bertz CT molecular complexity index is 1550. The van der Waals surface area contributed by atoms with Crippen molar-refractivity contribution >= 4 is 17.9 Å². The summed E-state index contributed by atoms with van der Waals surface area (Å²) in [6.45, 7) is 6.50. The van der Waals surface area contributed by atoms with Gasteiger partial charge in [-0.25, -0.2) is 0 Å². The summed E-state index contributed by atoms with van der Waals surface area (Å²) in [5.74, 6) is -0.880. The number of carbonyl (C=O) groups excluding carboxylic acids is 3. The smallest absolute Gasteiger partial charge is 0.306 e. The summed E-state index contributed by atoms with van der Waals surface area (Å²) in [5.41, 5.74) is 0. The van der Waals surface area contributed by atoms with Gasteiger partial charge in [-0.15, -0.1) is 0 Å². The fourth-order valence-corrected chi connectivity index (χ4v) is 10.3. The lowest BCUT2D eigenvalue weighted by molar-refractivity contribution is -0.167. The Morgan fingerprint density at radius 3 is 0.805 bits per heavy atom. The lowest BCUT2D eigenvalue weighted by Gasteiger charge is -2.18. The third-order valence-corrected chi connectivity index (χ3v) is 15.6. The number of rotatable bonds is 65. The van der Waals surface area contributed by atoms with Gasteiger partial charge in [0, 0.05) is 19.3 Å². The molecule has 0 rings (SSSR count). The van der Waals surface area contributed by atoms with Gasteiger partial charge in [-0.05, 0) is 109 Å². The van der Waals surface area contributed by atoms with Gasteiger partial charge in [0.1, 0.15) is 13.2 Å². The average molecular weight is 1140 g/mol. The molecule has 0 bridgehead atoms. The van der Waals surface area contributed by atoms with E-state index in [9.17, 15) is 14.4 Å². The van der Waals surface area contributed by atoms with Crippen molar-refractivity contribution in [1.82, 2.24) is 0 Å². The molecule has 0 saturated heterocycles. The normalized spacial score (nSPS) is 12.6. The molecule has 0 N–H and O–H groups in total. The number of ether oxygens (including phenoxy) is 3. The number of carbonyl (C=O) groups is 3. The van der Waals surface area contributed by atoms with Crippen LogP contribution in [0, 0.1) is 0 Å². The van der Waals surface area contributed by atoms with Crippen LogP contribution in [0.2, 0.25) is 0 Å². The van der Waals surface area contributed by atoms with Gasteiger partial charge in [0.2, 0.25) is 0 Å². The summed E-state index contributed by atoms with van der Waals surface area (Å²) in [5, 5.41) is 0. The highest BCUT2D eigenvalue weighted by Gasteiger charge is 2.19. The third kappa shape index (κ3) is 67.4. The van der Waals surface area contributed by atoms with Crippen molar-refractivity contribution in [2.75, 3.05) is 13.2 Å². The molecule has 0 aliphatic heterocycles. The van der Waals surface area contributed by atoms with Crippen molar-refractivity contribution in [3.63, 3.8) is 0 Å². The number of allylic oxidation sites excluding steroid dienone is 14. The highest BCUT2D eigenvalue weighted by Crippen LogP contribution is 2.18. The minimum atomic E-state index is -0.783. The van der Waals surface area contributed by atoms with E-state index in [-0.39, 0.29) is 31.1 Å². The second-order valence-corrected chi connectivity index (χ2v) is 23.8. The van der Waals surface area contributed by atoms with Gasteiger partial charge < -0.3 is 14.2 Å². The summed E-state index contributed by atoms with van der Waals surface area (Å²) >= 11 is 0. The van der Waals surface area contributed by atoms with E-state index >= 15 is 0 Å². The van der Waals surface area contributed by atoms with Crippen LogP contribution in [0.4, 0.5) is 0 Å². The second kappa shape index (κ2) is 70.1. The molecule has 0 spiro atoms. The predicted molar refractivity (Wildman–Crippen MR) is 358 cm³/mol. The van der Waals surface area contributed by atoms with Crippen LogP contribution in [0.1, 0.15) is 361 Å². The van der Waals surface area contributed by atoms with Crippen molar-refractivity contribution in [2.24, 2.45) is 0 Å². The standard InChI is InChI=1S/C76H134O6/c1-4-7-10-13-16-19-22-24-26-28-30-32-34-36-37-38-39-41-42-44-46-48-50-52-54-57-60-63-66-69-75(78)81-72-73(71-80-74(77)68-65-62-59-56-21-18-15-12-9-6-3)82-76(79)70-67-64-61-58-55-53-51-49-47-45-43-40-35-33-31-29-27-25-23-20-17-14-11-8-5-2/h8,11-12,15,17,20,25,27-28,30-31,33,40,43,73H,4-7,9-10,13-14,16,18-19,21-24,26,29,32,34-39,41-42,44-72H2,1-3H3/b11-8-,15-12-,20-17-,27-25-,30-28-,33-31-,43-40-. The fraction of sp³-hybridized carbons (Fsp3) is 0.776. The van der Waals surface area contributed by atoms with Crippen molar-refractivity contribution < 1.29 is 28.6 Å². The molecule has 0 heterocycles. The van der Waals surface area contributed by atoms with Gasteiger partial charge in [0.15, 0.2) is 6.10 Å². The first-order valence-corrected chi connectivity index (χ1v) is 35.6. The monoisotopic (exact) mass is 1140 g/mol. The van der Waals surface area contributed by atoms with Crippen molar-refractivity contribution in [3.8, 4) is 0 Å². The van der Waals surface area contributed by atoms with Gasteiger partial charge in [-0.1, -0.05) is 318 Å². The topological polar surface area (TPSA) is 78.9 Å². The molecule has 0 aliphatic rings. The Morgan fingerprint density at radius 2 is 0.500 bits per heavy atom. The van der Waals surface area contributed by atoms with E-state index in [0.717, 1.165) is 109 Å². The van der Waals surface area contributed by atoms with E-state index in [0.29, 0.717) is 19.3 Å². The minimum Gasteiger partial charge on any atom is -0.462 e. The lowest BCUT2D eigenvalue weighted by Crippen LogP contribution is -2.30. The molecule has 82 heavy (non-hydrogen) atoms. The SMILES string of the molecule is CC/C=C\C/C=C\C/C=C\C/C=C\C/C=C\CCCCCCCCCCCC(=O)OC(COC(=O)CCCCCCC/C=C\CCC)COC(=O)CCCCCCCCCCCCCCCCCCC/C=C\CCCCCCCCCC. The molecular weight excluding hydrogens is 1010 g/mol. The van der Waals surface area contributed by atoms with Crippen molar-refractivity contribution in [2.45, 2.75) is 367 Å². The van der Waals surface area contributed by atoms with Crippen molar-refractivity contribution in [1.29, 1.82) is 0 Å². The van der Waals surface area contributed by atoms with Crippen molar-refractivity contribution in [3.05, 3.63) is 85.1 Å². The van der Waals surface area contributed by atoms with Crippen LogP contribution in [0.25, 0.3) is 0 Å². The molecule has 0 radical (unpaired) electrons. The Morgan fingerprint density at radius 1 is 0.256 bits per heavy atom. The Hall–Kier alpha value is -3.41. The average Bonchev–Trinajstić information content (AvgIpc) is 3.47. The Kier molecular flexibility index (Phi) is 67.2. The molecule has 1 unspecified atom stereocenters. The van der Waals surface area contributed by atoms with E-state index < -0.39 is 6.10 Å². The first-order chi connectivity index (χ1) is 40.5. The summed E-state index contributed by atoms with van der Waals surface area (Å²) < 4.78 is 16.9. The molecular formula is C76H134O6. The summed E-state index contributed by atoms with van der Waals surface area (Å²) in [6, 6.07) is 0. The zero-order chi connectivity index (χ0) is 59.2. The zero-order valence-corrected chi connectivity index (χ0v) is 54.5. The van der Waals surface area contributed by atoms with Crippen LogP contribution in [0.15, 0.2) is 85.1 Å². The highest BCUT2D eigenvalue weighted by molar-refractivity contribution is 5.71. The molecule has 0 aliphatic carbocycles. The maximum atomic E-state index is 12.9. The number of esters is 3. The number of unbranched alkanes of at least 4 members (excludes halogenated alkanes) is 40. The van der Waals surface area contributed by atoms with Gasteiger partial charge >= 0.3 is 17.9 Å². The lowest BCUT2D eigenvalue weighted by atomic mass is 10.0. The van der Waals surface area contributed by atoms with E-state index in [2.05, 4.69) is 106 Å². The molecule has 0 saturated carbocycles. The number of hydrogen-bond acceptors (Lipinski definition) is 6. The molecule has 0 aromatic carbocycles. The highest BCUT2D eigenvalue weighted by atomic mass is 16.6. The van der Waals surface area contributed by atoms with Gasteiger partial charge in [0.25, 0.3) is 0 Å². The Labute approximate surface area is 509 Å². The molecule has 0 aromatic rings. The molecule has 1 atom stereocenters. The predicted octanol–water partition coefficient (Wildman–Crippen LogP) is 24.6. The maximum absolute atomic E-state index is 12.9. The molecule has 6 nitrogen and oxygen atoms in total. The van der Waals surface area contributed by atoms with Gasteiger partial charge in [0.05, 0.1) is 0 Å². The summed E-state index contributed by atoms with van der Waals surface area (Å²) in [6.07, 6.45) is 93.4. The van der Waals surface area contributed by atoms with Crippen LogP contribution >= 0.6 is 0 Å². The van der Waals surface area contributed by atoms with Crippen LogP contribution < -0.4 is 0 Å². The Balaban J connectivity index is 4.17. The first-order valence-electron chi connectivity index (χ1n) is 35.6. The van der Waals surface area contributed by atoms with Crippen LogP contribution in [0.3, 0.4) is 0 Å². The minimum absolute atomic E-state index is 0.0788. The second-order valence-electron chi connectivity index (χ2n) is 23.8. The van der Waals surface area contributed by atoms with Crippen LogP contribution in [-0.4, -0.2) is 37.2 Å². The van der Waals surface area contributed by atoms with Gasteiger partial charge in [-0.2, -0.15) is 0 Å². The maximum Gasteiger partial charge on any atom is 0.306 e. The number of hydrogen-bond donors (Lipinski definition) is 0. The van der Waals surface area contributed by atoms with Gasteiger partial charge in [-0.3, -0.25) is 14.4 Å². The zero-order valence-electron chi connectivity index (χ0n) is 54.5. The van der Waals surface area contributed by atoms with Crippen LogP contribution in [-0.2, 0) is 28.6 Å². The van der Waals surface area contributed by atoms with E-state index in [1.54, 1.807) is 0 Å². The molecule has 0 fully saturated rings. The van der Waals surface area contributed by atoms with E-state index in [1.165, 1.54) is 212 Å². The van der Waals surface area contributed by atoms with Crippen LogP contribution in [0.5, 0.6) is 0 Å². The quantitative estimate of drug-likeness (QED) is 0.0261. The molecule has 0 amide bonds. The first kappa shape index (κ1) is 78.6. The third-order valence-electron chi connectivity index (χ3n) is 15.6. The molecule has 6 heteroatoms. The summed E-state index contributed by atoms with van der Waals surface area (Å²) in [4.78, 5) is 38.3. The fourth-order valence-electron chi connectivity index (χ4n) is 10.3. The largest absolute Gasteiger partial charge is 0.462 e. The summed E-state index contributed by atoms with van der Waals surface area (Å²) in [7, 11) is 0.